The molecule has 2 rings (SSSR count). The second-order valence-electron chi connectivity index (χ2n) is 5.85. The van der Waals surface area contributed by atoms with Gasteiger partial charge < -0.3 is 15.5 Å². The van der Waals surface area contributed by atoms with E-state index >= 15 is 0 Å². The number of carbonyl (C=O) groups is 1. The number of nitrogens with one attached hydrogen (secondary N) is 2. The lowest BCUT2D eigenvalue weighted by molar-refractivity contribution is -0.121. The first-order chi connectivity index (χ1) is 9.53. The van der Waals surface area contributed by atoms with Crippen LogP contribution in [0.2, 0.25) is 0 Å². The van der Waals surface area contributed by atoms with Gasteiger partial charge in [0.05, 0.1) is 5.54 Å². The first-order valence-corrected chi connectivity index (χ1v) is 7.44. The number of anilines is 2. The van der Waals surface area contributed by atoms with Gasteiger partial charge in [0.15, 0.2) is 0 Å². The Kier molecular flexibility index (Phi) is 4.65. The van der Waals surface area contributed by atoms with Crippen molar-refractivity contribution in [2.75, 3.05) is 29.9 Å². The number of amides is 1. The van der Waals surface area contributed by atoms with Gasteiger partial charge >= 0.3 is 0 Å². The van der Waals surface area contributed by atoms with Crippen LogP contribution in [0.3, 0.4) is 0 Å². The molecular formula is C16H25N3O. The fraction of sp³-hybridized carbons (Fsp3) is 0.562. The predicted octanol–water partition coefficient (Wildman–Crippen LogP) is 2.61. The lowest BCUT2D eigenvalue weighted by Gasteiger charge is -2.25. The van der Waals surface area contributed by atoms with E-state index in [-0.39, 0.29) is 5.91 Å². The summed E-state index contributed by atoms with van der Waals surface area (Å²) in [4.78, 5) is 14.6. The summed E-state index contributed by atoms with van der Waals surface area (Å²) in [5.41, 5.74) is 1.50. The van der Waals surface area contributed by atoms with Gasteiger partial charge in [-0.15, -0.1) is 0 Å². The van der Waals surface area contributed by atoms with Crippen molar-refractivity contribution in [2.45, 2.75) is 39.2 Å². The van der Waals surface area contributed by atoms with Crippen LogP contribution in [0.1, 0.15) is 33.6 Å². The summed E-state index contributed by atoms with van der Waals surface area (Å²) in [7, 11) is 0. The molecule has 1 saturated heterocycles. The molecule has 1 aromatic rings. The number of carbonyl (C=O) groups excluding carboxylic acids is 1. The molecule has 1 fully saturated rings. The van der Waals surface area contributed by atoms with Gasteiger partial charge in [-0.1, -0.05) is 13.0 Å². The Labute approximate surface area is 121 Å². The average Bonchev–Trinajstić information content (AvgIpc) is 2.93. The molecule has 4 heteroatoms. The Bertz CT molecular complexity index is 465. The van der Waals surface area contributed by atoms with E-state index in [0.29, 0.717) is 0 Å². The first kappa shape index (κ1) is 14.9. The molecule has 0 aromatic heterocycles. The summed E-state index contributed by atoms with van der Waals surface area (Å²) in [6.45, 7) is 8.80. The zero-order valence-corrected chi connectivity index (χ0v) is 12.7. The molecule has 1 aromatic carbocycles. The van der Waals surface area contributed by atoms with Crippen LogP contribution in [0.5, 0.6) is 0 Å². The van der Waals surface area contributed by atoms with E-state index in [2.05, 4.69) is 27.7 Å². The summed E-state index contributed by atoms with van der Waals surface area (Å²) >= 11 is 0. The van der Waals surface area contributed by atoms with Crippen molar-refractivity contribution in [1.82, 2.24) is 5.32 Å². The van der Waals surface area contributed by atoms with Crippen molar-refractivity contribution in [2.24, 2.45) is 0 Å². The standard InChI is InChI=1S/C16H25N3O/c1-4-17-16(2,3)15(20)18-13-8-7-9-14(12-13)19-10-5-6-11-19/h7-9,12,17H,4-6,10-11H2,1-3H3,(H,18,20). The fourth-order valence-corrected chi connectivity index (χ4v) is 2.57. The Morgan fingerprint density at radius 3 is 2.65 bits per heavy atom. The molecule has 1 heterocycles. The van der Waals surface area contributed by atoms with E-state index in [1.54, 1.807) is 0 Å². The number of hydrogen-bond acceptors (Lipinski definition) is 3. The van der Waals surface area contributed by atoms with Crippen LogP contribution in [0.15, 0.2) is 24.3 Å². The summed E-state index contributed by atoms with van der Waals surface area (Å²) in [5, 5.41) is 6.19. The van der Waals surface area contributed by atoms with Gasteiger partial charge in [0, 0.05) is 24.5 Å². The van der Waals surface area contributed by atoms with E-state index in [0.717, 1.165) is 25.3 Å². The number of benzene rings is 1. The second kappa shape index (κ2) is 6.27. The number of nitrogens with zero attached hydrogens (tertiary/aromatic N) is 1. The number of rotatable bonds is 5. The first-order valence-electron chi connectivity index (χ1n) is 7.44. The molecule has 20 heavy (non-hydrogen) atoms. The van der Waals surface area contributed by atoms with Crippen LogP contribution in [0, 0.1) is 0 Å². The zero-order valence-electron chi connectivity index (χ0n) is 12.7. The van der Waals surface area contributed by atoms with E-state index in [9.17, 15) is 4.79 Å². The molecule has 4 nitrogen and oxygen atoms in total. The molecule has 2 N–H and O–H groups in total. The summed E-state index contributed by atoms with van der Waals surface area (Å²) in [5.74, 6) is -0.00192. The van der Waals surface area contributed by atoms with Gasteiger partial charge in [0.2, 0.25) is 5.91 Å². The van der Waals surface area contributed by atoms with Crippen LogP contribution in [-0.2, 0) is 4.79 Å². The largest absolute Gasteiger partial charge is 0.371 e. The minimum absolute atomic E-state index is 0.00192. The van der Waals surface area contributed by atoms with Crippen molar-refractivity contribution in [1.29, 1.82) is 0 Å². The predicted molar refractivity (Wildman–Crippen MR) is 84.3 cm³/mol. The van der Waals surface area contributed by atoms with Crippen molar-refractivity contribution in [3.63, 3.8) is 0 Å². The van der Waals surface area contributed by atoms with Crippen LogP contribution in [-0.4, -0.2) is 31.1 Å². The van der Waals surface area contributed by atoms with E-state index in [1.165, 1.54) is 18.5 Å². The average molecular weight is 275 g/mol. The van der Waals surface area contributed by atoms with Crippen LogP contribution < -0.4 is 15.5 Å². The molecule has 110 valence electrons. The van der Waals surface area contributed by atoms with E-state index < -0.39 is 5.54 Å². The number of hydrogen-bond donors (Lipinski definition) is 2. The Morgan fingerprint density at radius 1 is 1.30 bits per heavy atom. The highest BCUT2D eigenvalue weighted by atomic mass is 16.2. The highest BCUT2D eigenvalue weighted by Gasteiger charge is 2.26. The van der Waals surface area contributed by atoms with Crippen LogP contribution in [0.4, 0.5) is 11.4 Å². The van der Waals surface area contributed by atoms with Gasteiger partial charge in [-0.05, 0) is 51.4 Å². The van der Waals surface area contributed by atoms with Crippen molar-refractivity contribution in [3.8, 4) is 0 Å². The molecule has 0 radical (unpaired) electrons. The SMILES string of the molecule is CCNC(C)(C)C(=O)Nc1cccc(N2CCCC2)c1. The second-order valence-corrected chi connectivity index (χ2v) is 5.85. The van der Waals surface area contributed by atoms with Gasteiger partial charge in [0.25, 0.3) is 0 Å². The van der Waals surface area contributed by atoms with Gasteiger partial charge in [-0.3, -0.25) is 4.79 Å². The molecule has 0 spiro atoms. The molecular weight excluding hydrogens is 250 g/mol. The Hall–Kier alpha value is -1.55. The minimum atomic E-state index is -0.557. The smallest absolute Gasteiger partial charge is 0.244 e. The normalized spacial score (nSPS) is 15.4. The lowest BCUT2D eigenvalue weighted by atomic mass is 10.0. The fourth-order valence-electron chi connectivity index (χ4n) is 2.57. The number of likely N-dealkylation sites (N-methyl/N-ethyl adjacent to an activating group) is 1. The molecule has 0 bridgehead atoms. The van der Waals surface area contributed by atoms with Crippen molar-refractivity contribution < 1.29 is 4.79 Å². The molecule has 0 unspecified atom stereocenters. The maximum Gasteiger partial charge on any atom is 0.244 e. The third-order valence-electron chi connectivity index (χ3n) is 3.76. The van der Waals surface area contributed by atoms with Crippen LogP contribution >= 0.6 is 0 Å². The Balaban J connectivity index is 2.06. The summed E-state index contributed by atoms with van der Waals surface area (Å²) < 4.78 is 0. The maximum absolute atomic E-state index is 12.3. The van der Waals surface area contributed by atoms with E-state index in [4.69, 9.17) is 0 Å². The quantitative estimate of drug-likeness (QED) is 0.868. The lowest BCUT2D eigenvalue weighted by Crippen LogP contribution is -2.49. The highest BCUT2D eigenvalue weighted by molar-refractivity contribution is 5.97. The molecule has 0 aliphatic carbocycles. The molecule has 0 atom stereocenters. The van der Waals surface area contributed by atoms with Crippen molar-refractivity contribution >= 4 is 17.3 Å². The summed E-state index contributed by atoms with van der Waals surface area (Å²) in [6.07, 6.45) is 2.51. The van der Waals surface area contributed by atoms with Gasteiger partial charge in [-0.25, -0.2) is 0 Å². The molecule has 1 aliphatic heterocycles. The third kappa shape index (κ3) is 3.51. The van der Waals surface area contributed by atoms with Crippen molar-refractivity contribution in [3.05, 3.63) is 24.3 Å². The monoisotopic (exact) mass is 275 g/mol. The summed E-state index contributed by atoms with van der Waals surface area (Å²) in [6, 6.07) is 8.12. The van der Waals surface area contributed by atoms with Gasteiger partial charge in [0.1, 0.15) is 0 Å². The van der Waals surface area contributed by atoms with Gasteiger partial charge in [-0.2, -0.15) is 0 Å². The zero-order chi connectivity index (χ0) is 14.6. The molecule has 1 amide bonds. The molecule has 0 saturated carbocycles. The maximum atomic E-state index is 12.3. The van der Waals surface area contributed by atoms with Crippen LogP contribution in [0.25, 0.3) is 0 Å². The topological polar surface area (TPSA) is 44.4 Å². The Morgan fingerprint density at radius 2 is 2.00 bits per heavy atom. The third-order valence-corrected chi connectivity index (χ3v) is 3.76. The highest BCUT2D eigenvalue weighted by Crippen LogP contribution is 2.23. The van der Waals surface area contributed by atoms with E-state index in [1.807, 2.05) is 32.9 Å². The minimum Gasteiger partial charge on any atom is -0.371 e. The molecule has 1 aliphatic rings.